The maximum absolute atomic E-state index is 12.0. The molecule has 84 valence electrons. The van der Waals surface area contributed by atoms with Crippen LogP contribution in [-0.4, -0.2) is 16.6 Å². The second-order valence-electron chi connectivity index (χ2n) is 3.83. The van der Waals surface area contributed by atoms with Crippen LogP contribution in [0.3, 0.4) is 0 Å². The lowest BCUT2D eigenvalue weighted by Gasteiger charge is -2.13. The number of rotatable bonds is 2. The van der Waals surface area contributed by atoms with Gasteiger partial charge in [0.2, 0.25) is 0 Å². The summed E-state index contributed by atoms with van der Waals surface area (Å²) in [6.45, 7) is 3.84. The van der Waals surface area contributed by atoms with Gasteiger partial charge in [0, 0.05) is 11.9 Å². The van der Waals surface area contributed by atoms with Gasteiger partial charge in [0.15, 0.2) is 0 Å². The average molecular weight is 218 g/mol. The molecule has 2 N–H and O–H groups in total. The first-order valence-electron chi connectivity index (χ1n) is 5.23. The number of hydrogen-bond donors (Lipinski definition) is 1. The average Bonchev–Trinajstić information content (AvgIpc) is 2.54. The van der Waals surface area contributed by atoms with E-state index >= 15 is 0 Å². The molecule has 2 rings (SSSR count). The molecule has 1 aromatic rings. The zero-order chi connectivity index (χ0) is 11.7. The summed E-state index contributed by atoms with van der Waals surface area (Å²) in [5.74, 6) is -0.117. The molecule has 1 aliphatic rings. The first kappa shape index (κ1) is 10.6. The molecule has 1 amide bonds. The lowest BCUT2D eigenvalue weighted by molar-refractivity contribution is -0.119. The Hall–Kier alpha value is -1.91. The van der Waals surface area contributed by atoms with E-state index < -0.39 is 0 Å². The summed E-state index contributed by atoms with van der Waals surface area (Å²) < 4.78 is 0. The van der Waals surface area contributed by atoms with Gasteiger partial charge in [-0.3, -0.25) is 9.78 Å². The van der Waals surface area contributed by atoms with Gasteiger partial charge in [0.05, 0.1) is 23.5 Å². The minimum absolute atomic E-state index is 0.00704. The highest BCUT2D eigenvalue weighted by Gasteiger charge is 2.32. The Kier molecular flexibility index (Phi) is 2.60. The van der Waals surface area contributed by atoms with Gasteiger partial charge in [-0.25, -0.2) is 0 Å². The zero-order valence-corrected chi connectivity index (χ0v) is 9.34. The van der Waals surface area contributed by atoms with Crippen molar-refractivity contribution in [3.05, 3.63) is 18.5 Å². The van der Waals surface area contributed by atoms with Crippen molar-refractivity contribution >= 4 is 23.0 Å². The number of aromatic nitrogens is 1. The van der Waals surface area contributed by atoms with Crippen molar-refractivity contribution in [1.82, 2.24) is 4.98 Å². The maximum atomic E-state index is 12.0. The van der Waals surface area contributed by atoms with Crippen molar-refractivity contribution in [2.75, 3.05) is 10.7 Å². The van der Waals surface area contributed by atoms with Crippen LogP contribution in [0, 0.1) is 5.92 Å². The molecule has 5 heteroatoms. The van der Waals surface area contributed by atoms with Gasteiger partial charge >= 0.3 is 0 Å². The number of hydrazone groups is 1. The van der Waals surface area contributed by atoms with Crippen molar-refractivity contribution in [3.63, 3.8) is 0 Å². The molecule has 2 heterocycles. The van der Waals surface area contributed by atoms with Crippen LogP contribution in [0.1, 0.15) is 20.3 Å². The Bertz CT molecular complexity index is 455. The quantitative estimate of drug-likeness (QED) is 0.815. The van der Waals surface area contributed by atoms with Gasteiger partial charge < -0.3 is 5.73 Å². The minimum atomic E-state index is -0.110. The lowest BCUT2D eigenvalue weighted by atomic mass is 10.0. The first-order chi connectivity index (χ1) is 7.63. The van der Waals surface area contributed by atoms with Crippen molar-refractivity contribution in [1.29, 1.82) is 0 Å². The second-order valence-corrected chi connectivity index (χ2v) is 3.83. The zero-order valence-electron chi connectivity index (χ0n) is 9.34. The Morgan fingerprint density at radius 3 is 2.81 bits per heavy atom. The molecule has 0 bridgehead atoms. The Labute approximate surface area is 94.0 Å². The van der Waals surface area contributed by atoms with E-state index in [1.807, 2.05) is 13.8 Å². The number of nitrogens with two attached hydrogens (primary N) is 1. The molecule has 1 atom stereocenters. The van der Waals surface area contributed by atoms with Crippen molar-refractivity contribution in [2.24, 2.45) is 11.0 Å². The minimum Gasteiger partial charge on any atom is -0.397 e. The molecule has 5 nitrogen and oxygen atoms in total. The highest BCUT2D eigenvalue weighted by Crippen LogP contribution is 2.25. The predicted octanol–water partition coefficient (Wildman–Crippen LogP) is 1.41. The lowest BCUT2D eigenvalue weighted by Crippen LogP contribution is -2.26. The Balaban J connectivity index is 2.34. The van der Waals surface area contributed by atoms with Crippen LogP contribution in [0.5, 0.6) is 0 Å². The van der Waals surface area contributed by atoms with Crippen LogP contribution in [0.4, 0.5) is 11.4 Å². The molecule has 0 aromatic carbocycles. The summed E-state index contributed by atoms with van der Waals surface area (Å²) in [5, 5.41) is 5.62. The highest BCUT2D eigenvalue weighted by atomic mass is 16.2. The number of nitrogens with zero attached hydrogens (tertiary/aromatic N) is 3. The number of hydrogen-bond acceptors (Lipinski definition) is 4. The van der Waals surface area contributed by atoms with Gasteiger partial charge in [-0.15, -0.1) is 0 Å². The van der Waals surface area contributed by atoms with Gasteiger partial charge in [-0.05, 0) is 19.4 Å². The molecule has 1 aromatic heterocycles. The first-order valence-corrected chi connectivity index (χ1v) is 5.23. The van der Waals surface area contributed by atoms with E-state index in [1.54, 1.807) is 12.3 Å². The van der Waals surface area contributed by atoms with Gasteiger partial charge in [0.25, 0.3) is 5.91 Å². The molecule has 0 radical (unpaired) electrons. The smallest absolute Gasteiger partial charge is 0.256 e. The Morgan fingerprint density at radius 2 is 2.25 bits per heavy atom. The molecule has 0 saturated heterocycles. The van der Waals surface area contributed by atoms with E-state index in [2.05, 4.69) is 10.1 Å². The topological polar surface area (TPSA) is 71.6 Å². The van der Waals surface area contributed by atoms with E-state index in [4.69, 9.17) is 5.73 Å². The fraction of sp³-hybridized carbons (Fsp3) is 0.364. The molecule has 0 saturated carbocycles. The third kappa shape index (κ3) is 1.64. The SMILES string of the molecule is CCC1C(=O)N(c2cncc(N)c2)N=C1C. The largest absolute Gasteiger partial charge is 0.397 e. The maximum Gasteiger partial charge on any atom is 0.256 e. The summed E-state index contributed by atoms with van der Waals surface area (Å²) in [6, 6.07) is 1.69. The molecule has 1 aliphatic heterocycles. The van der Waals surface area contributed by atoms with Crippen LogP contribution in [-0.2, 0) is 4.79 Å². The molecule has 16 heavy (non-hydrogen) atoms. The molecular formula is C11H14N4O. The fourth-order valence-electron chi connectivity index (χ4n) is 1.82. The Morgan fingerprint density at radius 1 is 1.50 bits per heavy atom. The van der Waals surface area contributed by atoms with Crippen molar-refractivity contribution in [2.45, 2.75) is 20.3 Å². The molecule has 0 aliphatic carbocycles. The number of anilines is 2. The number of carbonyl (C=O) groups is 1. The summed E-state index contributed by atoms with van der Waals surface area (Å²) in [5.41, 5.74) is 7.62. The summed E-state index contributed by atoms with van der Waals surface area (Å²) in [6.07, 6.45) is 3.89. The van der Waals surface area contributed by atoms with E-state index in [-0.39, 0.29) is 11.8 Å². The van der Waals surface area contributed by atoms with Crippen LogP contribution in [0.2, 0.25) is 0 Å². The van der Waals surface area contributed by atoms with Crippen LogP contribution < -0.4 is 10.7 Å². The monoisotopic (exact) mass is 218 g/mol. The normalized spacial score (nSPS) is 20.1. The third-order valence-electron chi connectivity index (χ3n) is 2.67. The number of nitrogen functional groups attached to an aromatic ring is 1. The van der Waals surface area contributed by atoms with E-state index in [0.29, 0.717) is 11.4 Å². The van der Waals surface area contributed by atoms with Crippen LogP contribution in [0.15, 0.2) is 23.6 Å². The van der Waals surface area contributed by atoms with E-state index in [1.165, 1.54) is 11.2 Å². The fourth-order valence-corrected chi connectivity index (χ4v) is 1.82. The van der Waals surface area contributed by atoms with Gasteiger partial charge in [-0.1, -0.05) is 6.92 Å². The highest BCUT2D eigenvalue weighted by molar-refractivity contribution is 6.14. The summed E-state index contributed by atoms with van der Waals surface area (Å²) in [7, 11) is 0. The second kappa shape index (κ2) is 3.92. The van der Waals surface area contributed by atoms with E-state index in [9.17, 15) is 4.79 Å². The van der Waals surface area contributed by atoms with E-state index in [0.717, 1.165) is 12.1 Å². The van der Waals surface area contributed by atoms with Crippen LogP contribution in [0.25, 0.3) is 0 Å². The summed E-state index contributed by atoms with van der Waals surface area (Å²) in [4.78, 5) is 16.0. The summed E-state index contributed by atoms with van der Waals surface area (Å²) >= 11 is 0. The van der Waals surface area contributed by atoms with Gasteiger partial charge in [-0.2, -0.15) is 10.1 Å². The number of carbonyl (C=O) groups excluding carboxylic acids is 1. The predicted molar refractivity (Wildman–Crippen MR) is 63.0 cm³/mol. The molecule has 0 fully saturated rings. The van der Waals surface area contributed by atoms with Gasteiger partial charge in [0.1, 0.15) is 0 Å². The number of pyridine rings is 1. The number of amides is 1. The molecular weight excluding hydrogens is 204 g/mol. The molecule has 1 unspecified atom stereocenters. The van der Waals surface area contributed by atoms with Crippen LogP contribution >= 0.6 is 0 Å². The standard InChI is InChI=1S/C11H14N4O/c1-3-10-7(2)14-15(11(10)16)9-4-8(12)5-13-6-9/h4-6,10H,3,12H2,1-2H3. The van der Waals surface area contributed by atoms with Crippen molar-refractivity contribution in [3.8, 4) is 0 Å². The molecule has 0 spiro atoms. The third-order valence-corrected chi connectivity index (χ3v) is 2.67. The van der Waals surface area contributed by atoms with Crippen molar-refractivity contribution < 1.29 is 4.79 Å².